The number of aromatic amines is 1. The smallest absolute Gasteiger partial charge is 0.272 e. The van der Waals surface area contributed by atoms with Crippen LogP contribution in [0.2, 0.25) is 0 Å². The number of ether oxygens (including phenoxy) is 3. The summed E-state index contributed by atoms with van der Waals surface area (Å²) in [7, 11) is 5.00. The monoisotopic (exact) mass is 442 g/mol. The number of nitrogens with zero attached hydrogens (tertiary/aromatic N) is 2. The highest BCUT2D eigenvalue weighted by atomic mass is 16.5. The van der Waals surface area contributed by atoms with E-state index in [4.69, 9.17) is 14.2 Å². The summed E-state index contributed by atoms with van der Waals surface area (Å²) in [6, 6.07) is 16.7. The maximum Gasteiger partial charge on any atom is 0.272 e. The Morgan fingerprint density at radius 1 is 1.00 bits per heavy atom. The Kier molecular flexibility index (Phi) is 5.10. The minimum Gasteiger partial charge on any atom is -0.493 e. The zero-order chi connectivity index (χ0) is 22.9. The third-order valence-electron chi connectivity index (χ3n) is 5.54. The van der Waals surface area contributed by atoms with E-state index in [1.54, 1.807) is 32.5 Å². The van der Waals surface area contributed by atoms with E-state index in [0.717, 1.165) is 21.8 Å². The number of carbonyl (C=O) groups excluding carboxylic acids is 1. The molecule has 0 unspecified atom stereocenters. The molecule has 33 heavy (non-hydrogen) atoms. The van der Waals surface area contributed by atoms with Crippen molar-refractivity contribution < 1.29 is 19.0 Å². The molecule has 0 aliphatic heterocycles. The minimum absolute atomic E-state index is 0.251. The summed E-state index contributed by atoms with van der Waals surface area (Å²) in [6.07, 6.45) is 3.43. The third kappa shape index (κ3) is 3.71. The molecule has 8 nitrogen and oxygen atoms in total. The first-order chi connectivity index (χ1) is 16.1. The van der Waals surface area contributed by atoms with Crippen molar-refractivity contribution >= 4 is 33.4 Å². The molecule has 1 amide bonds. The number of fused-ring (bicyclic) bond motifs is 2. The maximum absolute atomic E-state index is 12.9. The van der Waals surface area contributed by atoms with Crippen molar-refractivity contribution in [1.29, 1.82) is 0 Å². The van der Waals surface area contributed by atoms with Gasteiger partial charge in [-0.2, -0.15) is 0 Å². The van der Waals surface area contributed by atoms with Gasteiger partial charge in [-0.3, -0.25) is 4.79 Å². The molecule has 166 valence electrons. The standard InChI is InChI=1S/C25H22N4O4/c1-29-19-13-23(32-3)22(31-2)12-15(19)11-20(29)25(30)28-16-7-8-24(27-14-16)33-21-6-4-5-18-17(21)9-10-26-18/h4-14,26H,1-3H3,(H,28,30). The molecule has 0 aliphatic carbocycles. The van der Waals surface area contributed by atoms with Gasteiger partial charge in [-0.1, -0.05) is 6.07 Å². The van der Waals surface area contributed by atoms with Crippen molar-refractivity contribution in [1.82, 2.24) is 14.5 Å². The zero-order valence-electron chi connectivity index (χ0n) is 18.4. The number of hydrogen-bond donors (Lipinski definition) is 2. The number of benzene rings is 2. The van der Waals surface area contributed by atoms with Gasteiger partial charge in [0.15, 0.2) is 11.5 Å². The Labute approximate surface area is 189 Å². The Morgan fingerprint density at radius 2 is 1.82 bits per heavy atom. The topological polar surface area (TPSA) is 90.4 Å². The van der Waals surface area contributed by atoms with Gasteiger partial charge in [0.25, 0.3) is 5.91 Å². The highest BCUT2D eigenvalue weighted by molar-refractivity contribution is 6.06. The van der Waals surface area contributed by atoms with Gasteiger partial charge >= 0.3 is 0 Å². The summed E-state index contributed by atoms with van der Waals surface area (Å²) >= 11 is 0. The lowest BCUT2D eigenvalue weighted by Gasteiger charge is -2.09. The summed E-state index contributed by atoms with van der Waals surface area (Å²) in [6.45, 7) is 0. The summed E-state index contributed by atoms with van der Waals surface area (Å²) in [5.74, 6) is 2.11. The molecule has 0 aliphatic rings. The molecule has 5 rings (SSSR count). The average molecular weight is 442 g/mol. The molecule has 0 saturated heterocycles. The lowest BCUT2D eigenvalue weighted by molar-refractivity contribution is 0.101. The lowest BCUT2D eigenvalue weighted by atomic mass is 10.2. The Bertz CT molecular complexity index is 1470. The lowest BCUT2D eigenvalue weighted by Crippen LogP contribution is -2.15. The first-order valence-electron chi connectivity index (χ1n) is 10.3. The van der Waals surface area contributed by atoms with E-state index in [9.17, 15) is 4.79 Å². The number of rotatable bonds is 6. The third-order valence-corrected chi connectivity index (χ3v) is 5.54. The number of H-pyrrole nitrogens is 1. The SMILES string of the molecule is COc1cc2cc(C(=O)Nc3ccc(Oc4cccc5[nH]ccc45)nc3)n(C)c2cc1OC. The second-order valence-corrected chi connectivity index (χ2v) is 7.49. The first-order valence-corrected chi connectivity index (χ1v) is 10.3. The number of aryl methyl sites for hydroxylation is 1. The van der Waals surface area contributed by atoms with Gasteiger partial charge in [0.1, 0.15) is 11.4 Å². The van der Waals surface area contributed by atoms with Gasteiger partial charge in [0.2, 0.25) is 5.88 Å². The van der Waals surface area contributed by atoms with Crippen molar-refractivity contribution in [2.45, 2.75) is 0 Å². The zero-order valence-corrected chi connectivity index (χ0v) is 18.4. The van der Waals surface area contributed by atoms with E-state index in [1.807, 2.05) is 60.3 Å². The predicted octanol–water partition coefficient (Wildman–Crippen LogP) is 5.12. The van der Waals surface area contributed by atoms with Crippen LogP contribution < -0.4 is 19.5 Å². The van der Waals surface area contributed by atoms with Gasteiger partial charge in [0, 0.05) is 41.7 Å². The molecule has 5 aromatic rings. The molecule has 8 heteroatoms. The molecular weight excluding hydrogens is 420 g/mol. The quantitative estimate of drug-likeness (QED) is 0.381. The van der Waals surface area contributed by atoms with Crippen molar-refractivity contribution in [3.63, 3.8) is 0 Å². The van der Waals surface area contributed by atoms with Crippen molar-refractivity contribution in [2.75, 3.05) is 19.5 Å². The Balaban J connectivity index is 1.35. The number of methoxy groups -OCH3 is 2. The van der Waals surface area contributed by atoms with Gasteiger partial charge < -0.3 is 29.1 Å². The number of carbonyl (C=O) groups is 1. The average Bonchev–Trinajstić information content (AvgIpc) is 3.44. The summed E-state index contributed by atoms with van der Waals surface area (Å²) in [5.41, 5.74) is 2.91. The van der Waals surface area contributed by atoms with E-state index in [0.29, 0.717) is 34.5 Å². The van der Waals surface area contributed by atoms with Crippen LogP contribution in [0.3, 0.4) is 0 Å². The molecular formula is C25H22N4O4. The molecule has 2 N–H and O–H groups in total. The number of nitrogens with one attached hydrogen (secondary N) is 2. The molecule has 2 aromatic carbocycles. The van der Waals surface area contributed by atoms with Crippen LogP contribution in [0.25, 0.3) is 21.8 Å². The second-order valence-electron chi connectivity index (χ2n) is 7.49. The fourth-order valence-electron chi connectivity index (χ4n) is 3.85. The largest absolute Gasteiger partial charge is 0.493 e. The summed E-state index contributed by atoms with van der Waals surface area (Å²) in [4.78, 5) is 20.4. The summed E-state index contributed by atoms with van der Waals surface area (Å²) in [5, 5.41) is 4.74. The van der Waals surface area contributed by atoms with Crippen molar-refractivity contribution in [3.05, 3.63) is 72.7 Å². The highest BCUT2D eigenvalue weighted by Gasteiger charge is 2.17. The number of aromatic nitrogens is 3. The Hall–Kier alpha value is -4.46. The number of amides is 1. The maximum atomic E-state index is 12.9. The van der Waals surface area contributed by atoms with E-state index in [2.05, 4.69) is 15.3 Å². The van der Waals surface area contributed by atoms with Crippen LogP contribution in [0.1, 0.15) is 10.5 Å². The highest BCUT2D eigenvalue weighted by Crippen LogP contribution is 2.34. The molecule has 3 heterocycles. The van der Waals surface area contributed by atoms with Gasteiger partial charge in [-0.15, -0.1) is 0 Å². The van der Waals surface area contributed by atoms with Gasteiger partial charge in [-0.25, -0.2) is 4.98 Å². The fourth-order valence-corrected chi connectivity index (χ4v) is 3.85. The van der Waals surface area contributed by atoms with Crippen molar-refractivity contribution in [3.8, 4) is 23.1 Å². The molecule has 0 atom stereocenters. The molecule has 0 fully saturated rings. The van der Waals surface area contributed by atoms with Crippen LogP contribution in [0.5, 0.6) is 23.1 Å². The van der Waals surface area contributed by atoms with Crippen LogP contribution in [0.4, 0.5) is 5.69 Å². The fraction of sp³-hybridized carbons (Fsp3) is 0.120. The predicted molar refractivity (Wildman–Crippen MR) is 127 cm³/mol. The van der Waals surface area contributed by atoms with E-state index in [-0.39, 0.29) is 5.91 Å². The summed E-state index contributed by atoms with van der Waals surface area (Å²) < 4.78 is 18.5. The van der Waals surface area contributed by atoms with Crippen molar-refractivity contribution in [2.24, 2.45) is 7.05 Å². The van der Waals surface area contributed by atoms with E-state index >= 15 is 0 Å². The minimum atomic E-state index is -0.251. The number of hydrogen-bond acceptors (Lipinski definition) is 5. The normalized spacial score (nSPS) is 11.0. The first kappa shape index (κ1) is 20.4. The van der Waals surface area contributed by atoms with Crippen LogP contribution in [-0.2, 0) is 7.05 Å². The second kappa shape index (κ2) is 8.23. The molecule has 3 aromatic heterocycles. The Morgan fingerprint density at radius 3 is 2.58 bits per heavy atom. The molecule has 0 spiro atoms. The molecule has 0 bridgehead atoms. The van der Waals surface area contributed by atoms with Crippen LogP contribution in [0, 0.1) is 0 Å². The molecule has 0 radical (unpaired) electrons. The van der Waals surface area contributed by atoms with E-state index in [1.165, 1.54) is 0 Å². The van der Waals surface area contributed by atoms with E-state index < -0.39 is 0 Å². The van der Waals surface area contributed by atoms with Crippen LogP contribution >= 0.6 is 0 Å². The van der Waals surface area contributed by atoms with Gasteiger partial charge in [0.05, 0.1) is 31.6 Å². The van der Waals surface area contributed by atoms with Gasteiger partial charge in [-0.05, 0) is 36.4 Å². The molecule has 0 saturated carbocycles. The number of anilines is 1. The van der Waals surface area contributed by atoms with Crippen LogP contribution in [0.15, 0.2) is 67.0 Å². The number of pyridine rings is 1. The van der Waals surface area contributed by atoms with Crippen LogP contribution in [-0.4, -0.2) is 34.7 Å².